The molecular weight excluding hydrogens is 358 g/mol. The van der Waals surface area contributed by atoms with Crippen LogP contribution in [0.15, 0.2) is 46.9 Å². The van der Waals surface area contributed by atoms with Gasteiger partial charge in [-0.15, -0.1) is 0 Å². The van der Waals surface area contributed by atoms with Crippen molar-refractivity contribution in [3.05, 3.63) is 48.0 Å². The van der Waals surface area contributed by atoms with Crippen molar-refractivity contribution in [2.75, 3.05) is 19.5 Å². The van der Waals surface area contributed by atoms with E-state index in [1.54, 1.807) is 32.4 Å². The Hall–Kier alpha value is -3.22. The van der Waals surface area contributed by atoms with E-state index in [4.69, 9.17) is 13.9 Å². The van der Waals surface area contributed by atoms with Crippen molar-refractivity contribution in [1.29, 1.82) is 0 Å². The van der Waals surface area contributed by atoms with Crippen molar-refractivity contribution < 1.29 is 18.7 Å². The number of para-hydroxylation sites is 2. The molecule has 0 aliphatic heterocycles. The van der Waals surface area contributed by atoms with Crippen LogP contribution in [0.1, 0.15) is 29.6 Å². The minimum Gasteiger partial charge on any atom is -0.496 e. The molecule has 4 rings (SSSR count). The molecule has 0 bridgehead atoms. The molecule has 1 aromatic heterocycles. The van der Waals surface area contributed by atoms with Crippen molar-refractivity contribution in [1.82, 2.24) is 10.3 Å². The van der Waals surface area contributed by atoms with Gasteiger partial charge < -0.3 is 24.5 Å². The zero-order valence-electron chi connectivity index (χ0n) is 15.9. The van der Waals surface area contributed by atoms with Crippen LogP contribution in [-0.4, -0.2) is 37.2 Å². The van der Waals surface area contributed by atoms with Gasteiger partial charge in [-0.1, -0.05) is 18.2 Å². The van der Waals surface area contributed by atoms with E-state index in [-0.39, 0.29) is 18.0 Å². The topological polar surface area (TPSA) is 85.6 Å². The predicted octanol–water partition coefficient (Wildman–Crippen LogP) is 3.61. The number of nitrogens with zero attached hydrogens (tertiary/aromatic N) is 1. The second-order valence-corrected chi connectivity index (χ2v) is 6.79. The zero-order valence-corrected chi connectivity index (χ0v) is 15.9. The Bertz CT molecular complexity index is 929. The average Bonchev–Trinajstić information content (AvgIpc) is 3.33. The van der Waals surface area contributed by atoms with E-state index in [1.807, 2.05) is 24.3 Å². The standard InChI is InChI=1S/C21H23N3O4/c1-26-17-11-6-12-18(27-2)19(17)20(25)22-13-8-5-9-14(13)23-21-24-15-7-3-4-10-16(15)28-21/h3-4,6-7,10-14H,5,8-9H2,1-2H3,(H,22,25)(H,23,24)/t13-,14+/m1/s1. The lowest BCUT2D eigenvalue weighted by atomic mass is 10.1. The van der Waals surface area contributed by atoms with Crippen molar-refractivity contribution in [3.8, 4) is 11.5 Å². The summed E-state index contributed by atoms with van der Waals surface area (Å²) in [7, 11) is 3.08. The van der Waals surface area contributed by atoms with Crippen LogP contribution >= 0.6 is 0 Å². The van der Waals surface area contributed by atoms with Gasteiger partial charge in [0.15, 0.2) is 5.58 Å². The zero-order chi connectivity index (χ0) is 19.5. The van der Waals surface area contributed by atoms with E-state index in [0.29, 0.717) is 23.1 Å². The highest BCUT2D eigenvalue weighted by molar-refractivity contribution is 6.00. The van der Waals surface area contributed by atoms with Crippen molar-refractivity contribution in [3.63, 3.8) is 0 Å². The number of carbonyl (C=O) groups is 1. The Morgan fingerprint density at radius 2 is 1.75 bits per heavy atom. The highest BCUT2D eigenvalue weighted by atomic mass is 16.5. The molecule has 1 aliphatic rings. The monoisotopic (exact) mass is 381 g/mol. The summed E-state index contributed by atoms with van der Waals surface area (Å²) >= 11 is 0. The number of oxazole rings is 1. The number of fused-ring (bicyclic) bond motifs is 1. The maximum atomic E-state index is 13.0. The normalized spacial score (nSPS) is 18.8. The number of ether oxygens (including phenoxy) is 2. The van der Waals surface area contributed by atoms with Gasteiger partial charge in [0.05, 0.1) is 20.3 Å². The third-order valence-corrected chi connectivity index (χ3v) is 5.09. The number of hydrogen-bond donors (Lipinski definition) is 2. The molecule has 2 aromatic carbocycles. The lowest BCUT2D eigenvalue weighted by molar-refractivity contribution is 0.0929. The number of aromatic nitrogens is 1. The van der Waals surface area contributed by atoms with Crippen LogP contribution in [0.25, 0.3) is 11.1 Å². The smallest absolute Gasteiger partial charge is 0.295 e. The molecule has 2 N–H and O–H groups in total. The molecule has 1 aliphatic carbocycles. The molecule has 7 nitrogen and oxygen atoms in total. The van der Waals surface area contributed by atoms with E-state index in [2.05, 4.69) is 15.6 Å². The highest BCUT2D eigenvalue weighted by Gasteiger charge is 2.31. The molecule has 1 saturated carbocycles. The first-order valence-electron chi connectivity index (χ1n) is 9.33. The molecule has 2 atom stereocenters. The van der Waals surface area contributed by atoms with Crippen molar-refractivity contribution in [2.24, 2.45) is 0 Å². The van der Waals surface area contributed by atoms with Gasteiger partial charge in [-0.05, 0) is 43.5 Å². The van der Waals surface area contributed by atoms with E-state index >= 15 is 0 Å². The number of amides is 1. The van der Waals surface area contributed by atoms with Gasteiger partial charge in [0.25, 0.3) is 11.9 Å². The fourth-order valence-electron chi connectivity index (χ4n) is 3.71. The summed E-state index contributed by atoms with van der Waals surface area (Å²) in [6.07, 6.45) is 2.81. The predicted molar refractivity (Wildman–Crippen MR) is 106 cm³/mol. The van der Waals surface area contributed by atoms with Crippen LogP contribution < -0.4 is 20.1 Å². The molecule has 0 unspecified atom stereocenters. The summed E-state index contributed by atoms with van der Waals surface area (Å²) < 4.78 is 16.5. The van der Waals surface area contributed by atoms with Crippen LogP contribution in [0.5, 0.6) is 11.5 Å². The summed E-state index contributed by atoms with van der Waals surface area (Å²) in [5.74, 6) is 0.752. The lowest BCUT2D eigenvalue weighted by Gasteiger charge is -2.22. The third kappa shape index (κ3) is 3.47. The fourth-order valence-corrected chi connectivity index (χ4v) is 3.71. The molecule has 1 amide bonds. The SMILES string of the molecule is COc1cccc(OC)c1C(=O)N[C@@H]1CCC[C@@H]1Nc1nc2ccccc2o1. The van der Waals surface area contributed by atoms with Gasteiger partial charge in [-0.25, -0.2) is 0 Å². The molecular formula is C21H23N3O4. The van der Waals surface area contributed by atoms with E-state index in [0.717, 1.165) is 30.4 Å². The van der Waals surface area contributed by atoms with E-state index in [9.17, 15) is 4.79 Å². The molecule has 0 radical (unpaired) electrons. The summed E-state index contributed by atoms with van der Waals surface area (Å²) in [6, 6.07) is 13.4. The Balaban J connectivity index is 1.50. The van der Waals surface area contributed by atoms with Gasteiger partial charge in [0.1, 0.15) is 22.6 Å². The first-order chi connectivity index (χ1) is 13.7. The minimum absolute atomic E-state index is 0.0396. The number of anilines is 1. The molecule has 28 heavy (non-hydrogen) atoms. The number of methoxy groups -OCH3 is 2. The summed E-state index contributed by atoms with van der Waals surface area (Å²) in [4.78, 5) is 17.4. The van der Waals surface area contributed by atoms with Crippen LogP contribution in [0.4, 0.5) is 6.01 Å². The van der Waals surface area contributed by atoms with E-state index in [1.165, 1.54) is 0 Å². The Kier molecular flexibility index (Phi) is 5.06. The lowest BCUT2D eigenvalue weighted by Crippen LogP contribution is -2.43. The van der Waals surface area contributed by atoms with Gasteiger partial charge in [0, 0.05) is 6.04 Å². The van der Waals surface area contributed by atoms with Crippen LogP contribution in [0.3, 0.4) is 0 Å². The second kappa shape index (κ2) is 7.80. The Labute approximate surface area is 163 Å². The third-order valence-electron chi connectivity index (χ3n) is 5.09. The number of hydrogen-bond acceptors (Lipinski definition) is 6. The molecule has 146 valence electrons. The minimum atomic E-state index is -0.217. The van der Waals surface area contributed by atoms with Crippen molar-refractivity contribution in [2.45, 2.75) is 31.3 Å². The summed E-state index contributed by atoms with van der Waals surface area (Å²) in [6.45, 7) is 0. The maximum absolute atomic E-state index is 13.0. The molecule has 0 spiro atoms. The largest absolute Gasteiger partial charge is 0.496 e. The number of carbonyl (C=O) groups excluding carboxylic acids is 1. The van der Waals surface area contributed by atoms with Gasteiger partial charge >= 0.3 is 0 Å². The van der Waals surface area contributed by atoms with Crippen molar-refractivity contribution >= 4 is 23.0 Å². The van der Waals surface area contributed by atoms with Gasteiger partial charge in [-0.3, -0.25) is 4.79 Å². The molecule has 3 aromatic rings. The van der Waals surface area contributed by atoms with Crippen LogP contribution in [0.2, 0.25) is 0 Å². The Morgan fingerprint density at radius 1 is 1.04 bits per heavy atom. The highest BCUT2D eigenvalue weighted by Crippen LogP contribution is 2.30. The maximum Gasteiger partial charge on any atom is 0.295 e. The van der Waals surface area contributed by atoms with Crippen LogP contribution in [0, 0.1) is 0 Å². The first kappa shape index (κ1) is 18.2. The number of rotatable bonds is 6. The summed E-state index contributed by atoms with van der Waals surface area (Å²) in [5.41, 5.74) is 1.95. The molecule has 7 heteroatoms. The van der Waals surface area contributed by atoms with Crippen LogP contribution in [-0.2, 0) is 0 Å². The van der Waals surface area contributed by atoms with Gasteiger partial charge in [0.2, 0.25) is 0 Å². The van der Waals surface area contributed by atoms with E-state index < -0.39 is 0 Å². The Morgan fingerprint density at radius 3 is 2.46 bits per heavy atom. The second-order valence-electron chi connectivity index (χ2n) is 6.79. The quantitative estimate of drug-likeness (QED) is 0.678. The summed E-state index contributed by atoms with van der Waals surface area (Å²) in [5, 5.41) is 6.46. The van der Waals surface area contributed by atoms with Gasteiger partial charge in [-0.2, -0.15) is 4.98 Å². The average molecular weight is 381 g/mol. The first-order valence-corrected chi connectivity index (χ1v) is 9.33. The molecule has 0 saturated heterocycles. The molecule has 1 heterocycles. The number of nitrogens with one attached hydrogen (secondary N) is 2. The fraction of sp³-hybridized carbons (Fsp3) is 0.333. The molecule has 1 fully saturated rings. The number of benzene rings is 2.